The van der Waals surface area contributed by atoms with Crippen LogP contribution in [0.4, 0.5) is 0 Å². The Morgan fingerprint density at radius 1 is 0.935 bits per heavy atom. The first-order chi connectivity index (χ1) is 14.9. The van der Waals surface area contributed by atoms with Crippen molar-refractivity contribution in [3.63, 3.8) is 0 Å². The number of carbonyl (C=O) groups excluding carboxylic acids is 1. The summed E-state index contributed by atoms with van der Waals surface area (Å²) >= 11 is 5.73. The van der Waals surface area contributed by atoms with Crippen molar-refractivity contribution in [2.75, 3.05) is 12.4 Å². The van der Waals surface area contributed by atoms with Crippen LogP contribution in [0.1, 0.15) is 17.2 Å². The fourth-order valence-corrected chi connectivity index (χ4v) is 4.08. The molecule has 31 heavy (non-hydrogen) atoms. The van der Waals surface area contributed by atoms with E-state index in [1.54, 1.807) is 30.3 Å². The molecule has 8 heteroatoms. The molecule has 1 atom stereocenters. The van der Waals surface area contributed by atoms with Crippen LogP contribution in [-0.4, -0.2) is 36.8 Å². The molecule has 0 aromatic heterocycles. The van der Waals surface area contributed by atoms with Gasteiger partial charge >= 0.3 is 10.1 Å². The number of aliphatic hydroxyl groups is 1. The van der Waals surface area contributed by atoms with Crippen LogP contribution < -0.4 is 4.18 Å². The first-order valence-electron chi connectivity index (χ1n) is 9.54. The second-order valence-corrected chi connectivity index (χ2v) is 8.64. The second kappa shape index (κ2) is 10.4. The van der Waals surface area contributed by atoms with Gasteiger partial charge in [0.1, 0.15) is 16.5 Å². The zero-order chi connectivity index (χ0) is 22.3. The first kappa shape index (κ1) is 22.8. The lowest BCUT2D eigenvalue weighted by Gasteiger charge is -2.25. The van der Waals surface area contributed by atoms with Gasteiger partial charge in [0.25, 0.3) is 0 Å². The minimum atomic E-state index is -3.94. The molecule has 0 bridgehead atoms. The van der Waals surface area contributed by atoms with E-state index < -0.39 is 16.2 Å². The van der Waals surface area contributed by atoms with Gasteiger partial charge in [-0.15, -0.1) is 11.6 Å². The third-order valence-corrected chi connectivity index (χ3v) is 6.07. The molecule has 3 aromatic rings. The number of benzene rings is 3. The first-order valence-corrected chi connectivity index (χ1v) is 11.5. The van der Waals surface area contributed by atoms with Crippen molar-refractivity contribution in [1.29, 1.82) is 0 Å². The maximum atomic E-state index is 12.3. The molecule has 0 heterocycles. The van der Waals surface area contributed by atoms with Crippen LogP contribution in [0.25, 0.3) is 0 Å². The Balaban J connectivity index is 1.68. The van der Waals surface area contributed by atoms with E-state index in [0.717, 1.165) is 5.56 Å². The summed E-state index contributed by atoms with van der Waals surface area (Å²) in [6.45, 7) is 0.364. The summed E-state index contributed by atoms with van der Waals surface area (Å²) in [4.78, 5) is 13.8. The molecule has 0 aliphatic heterocycles. The number of amides is 1. The fourth-order valence-electron chi connectivity index (χ4n) is 2.96. The summed E-state index contributed by atoms with van der Waals surface area (Å²) < 4.78 is 29.8. The number of carbonyl (C=O) groups is 1. The molecule has 3 rings (SSSR count). The summed E-state index contributed by atoms with van der Waals surface area (Å²) in [6, 6.07) is 23.3. The number of halogens is 1. The van der Waals surface area contributed by atoms with Crippen LogP contribution in [0.15, 0.2) is 89.8 Å². The predicted octanol–water partition coefficient (Wildman–Crippen LogP) is 3.76. The molecule has 0 saturated heterocycles. The minimum absolute atomic E-state index is 0.0446. The molecule has 0 aliphatic rings. The Hall–Kier alpha value is -2.87. The van der Waals surface area contributed by atoms with Crippen molar-refractivity contribution in [2.24, 2.45) is 0 Å². The monoisotopic (exact) mass is 459 g/mol. The average molecular weight is 460 g/mol. The van der Waals surface area contributed by atoms with Crippen molar-refractivity contribution in [2.45, 2.75) is 17.5 Å². The van der Waals surface area contributed by atoms with Crippen molar-refractivity contribution >= 4 is 27.6 Å². The van der Waals surface area contributed by atoms with E-state index in [2.05, 4.69) is 0 Å². The van der Waals surface area contributed by atoms with E-state index >= 15 is 0 Å². The number of nitrogens with zero attached hydrogens (tertiary/aromatic N) is 1. The van der Waals surface area contributed by atoms with Crippen molar-refractivity contribution in [3.05, 3.63) is 96.1 Å². The fraction of sp³-hybridized carbons (Fsp3) is 0.174. The highest BCUT2D eigenvalue weighted by atomic mass is 35.5. The number of rotatable bonds is 9. The Labute approximate surface area is 186 Å². The summed E-state index contributed by atoms with van der Waals surface area (Å²) in [5, 5.41) is 10.6. The van der Waals surface area contributed by atoms with Crippen molar-refractivity contribution in [3.8, 4) is 5.75 Å². The molecule has 0 fully saturated rings. The topological polar surface area (TPSA) is 83.9 Å². The zero-order valence-electron chi connectivity index (χ0n) is 16.6. The van der Waals surface area contributed by atoms with Gasteiger partial charge in [-0.25, -0.2) is 0 Å². The van der Waals surface area contributed by atoms with Gasteiger partial charge in [0.2, 0.25) is 5.91 Å². The normalized spacial score (nSPS) is 12.2. The third-order valence-electron chi connectivity index (χ3n) is 4.58. The highest BCUT2D eigenvalue weighted by Gasteiger charge is 2.20. The van der Waals surface area contributed by atoms with Gasteiger partial charge in [0.15, 0.2) is 0 Å². The van der Waals surface area contributed by atoms with Crippen molar-refractivity contribution in [1.82, 2.24) is 4.90 Å². The molecule has 0 aliphatic carbocycles. The minimum Gasteiger partial charge on any atom is -0.387 e. The van der Waals surface area contributed by atoms with Gasteiger partial charge in [-0.2, -0.15) is 8.42 Å². The van der Waals surface area contributed by atoms with Crippen LogP contribution >= 0.6 is 11.6 Å². The van der Waals surface area contributed by atoms with Crippen LogP contribution in [0.5, 0.6) is 5.75 Å². The van der Waals surface area contributed by atoms with Crippen LogP contribution in [0.3, 0.4) is 0 Å². The standard InChI is InChI=1S/C23H22ClNO5S/c24-15-23(27)25(16-18-7-3-1-4-8-18)17-22(26)19-11-13-20(14-12-19)30-31(28,29)21-9-5-2-6-10-21/h1-14,22,26H,15-17H2/t22-/m0/s1. The lowest BCUT2D eigenvalue weighted by atomic mass is 10.1. The molecule has 6 nitrogen and oxygen atoms in total. The van der Waals surface area contributed by atoms with Gasteiger partial charge in [0.05, 0.1) is 12.6 Å². The molecule has 162 valence electrons. The lowest BCUT2D eigenvalue weighted by molar-refractivity contribution is -0.130. The number of hydrogen-bond acceptors (Lipinski definition) is 5. The number of hydrogen-bond donors (Lipinski definition) is 1. The second-order valence-electron chi connectivity index (χ2n) is 6.83. The van der Waals surface area contributed by atoms with Crippen LogP contribution in [0, 0.1) is 0 Å². The number of aliphatic hydroxyl groups excluding tert-OH is 1. The summed E-state index contributed by atoms with van der Waals surface area (Å²) in [5.41, 5.74) is 1.44. The molecular formula is C23H22ClNO5S. The Bertz CT molecular complexity index is 1090. The lowest BCUT2D eigenvalue weighted by Crippen LogP contribution is -2.35. The largest absolute Gasteiger partial charge is 0.387 e. The summed E-state index contributed by atoms with van der Waals surface area (Å²) in [5.74, 6) is -0.361. The van der Waals surface area contributed by atoms with E-state index in [0.29, 0.717) is 12.1 Å². The van der Waals surface area contributed by atoms with E-state index in [1.165, 1.54) is 29.2 Å². The molecule has 1 amide bonds. The number of alkyl halides is 1. The Morgan fingerprint density at radius 2 is 1.52 bits per heavy atom. The predicted molar refractivity (Wildman–Crippen MR) is 118 cm³/mol. The molecule has 0 unspecified atom stereocenters. The SMILES string of the molecule is O=C(CCl)N(Cc1ccccc1)C[C@H](O)c1ccc(OS(=O)(=O)c2ccccc2)cc1. The summed E-state index contributed by atoms with van der Waals surface area (Å²) in [7, 11) is -3.94. The maximum absolute atomic E-state index is 12.3. The highest BCUT2D eigenvalue weighted by Crippen LogP contribution is 2.23. The smallest absolute Gasteiger partial charge is 0.339 e. The van der Waals surface area contributed by atoms with Gasteiger partial charge in [-0.3, -0.25) is 4.79 Å². The molecule has 3 aromatic carbocycles. The Kier molecular flexibility index (Phi) is 7.68. The molecule has 0 spiro atoms. The van der Waals surface area contributed by atoms with Gasteiger partial charge in [0, 0.05) is 6.54 Å². The van der Waals surface area contributed by atoms with Crippen LogP contribution in [0.2, 0.25) is 0 Å². The Morgan fingerprint density at radius 3 is 2.10 bits per heavy atom. The molecule has 1 N–H and O–H groups in total. The zero-order valence-corrected chi connectivity index (χ0v) is 18.2. The van der Waals surface area contributed by atoms with Crippen LogP contribution in [-0.2, 0) is 21.5 Å². The maximum Gasteiger partial charge on any atom is 0.339 e. The van der Waals surface area contributed by atoms with Gasteiger partial charge < -0.3 is 14.2 Å². The summed E-state index contributed by atoms with van der Waals surface area (Å²) in [6.07, 6.45) is -0.976. The van der Waals surface area contributed by atoms with Crippen molar-refractivity contribution < 1.29 is 22.5 Å². The van der Waals surface area contributed by atoms with Gasteiger partial charge in [-0.05, 0) is 35.4 Å². The molecular weight excluding hydrogens is 438 g/mol. The molecule has 0 radical (unpaired) electrons. The van der Waals surface area contributed by atoms with E-state index in [1.807, 2.05) is 30.3 Å². The van der Waals surface area contributed by atoms with Gasteiger partial charge in [-0.1, -0.05) is 60.7 Å². The van der Waals surface area contributed by atoms with E-state index in [9.17, 15) is 18.3 Å². The third kappa shape index (κ3) is 6.30. The average Bonchev–Trinajstić information content (AvgIpc) is 2.79. The highest BCUT2D eigenvalue weighted by molar-refractivity contribution is 7.87. The quantitative estimate of drug-likeness (QED) is 0.389. The van der Waals surface area contributed by atoms with E-state index in [4.69, 9.17) is 15.8 Å². The molecule has 0 saturated carbocycles. The van der Waals surface area contributed by atoms with E-state index in [-0.39, 0.29) is 29.0 Å².